The Morgan fingerprint density at radius 1 is 1.73 bits per heavy atom. The summed E-state index contributed by atoms with van der Waals surface area (Å²) in [4.78, 5) is 3.11. The molecule has 0 unspecified atom stereocenters. The largest absolute Gasteiger partial charge is 0.478 e. The van der Waals surface area contributed by atoms with Gasteiger partial charge >= 0.3 is 10.2 Å². The Hall–Kier alpha value is -1.05. The molecule has 8 heteroatoms. The van der Waals surface area contributed by atoms with Crippen molar-refractivity contribution in [3.63, 3.8) is 0 Å². The van der Waals surface area contributed by atoms with E-state index in [2.05, 4.69) is 14.0 Å². The maximum atomic E-state index is 10.7. The lowest BCUT2D eigenvalue weighted by atomic mass is 10.4. The molecule has 1 aliphatic rings. The van der Waals surface area contributed by atoms with Gasteiger partial charge in [-0.15, -0.1) is 4.40 Å². The first-order valence-electron chi connectivity index (χ1n) is 2.54. The van der Waals surface area contributed by atoms with Gasteiger partial charge < -0.3 is 9.64 Å². The van der Waals surface area contributed by atoms with E-state index in [0.717, 1.165) is 0 Å². The Kier molecular flexibility index (Phi) is 1.86. The zero-order valence-corrected chi connectivity index (χ0v) is 6.42. The monoisotopic (exact) mass is 173 g/mol. The molecule has 0 aromatic heterocycles. The van der Waals surface area contributed by atoms with Crippen molar-refractivity contribution in [1.82, 2.24) is 4.72 Å². The highest BCUT2D eigenvalue weighted by Crippen LogP contribution is 2.00. The summed E-state index contributed by atoms with van der Waals surface area (Å²) < 4.78 is 30.9. The first-order valence-corrected chi connectivity index (χ1v) is 3.98. The Labute approximate surface area is 65.0 Å². The summed E-state index contributed by atoms with van der Waals surface area (Å²) in [5.74, 6) is -0.222. The molecule has 0 saturated heterocycles. The van der Waals surface area contributed by atoms with Crippen LogP contribution in [0.3, 0.4) is 0 Å². The molecule has 0 spiro atoms. The molecular formula is C3H4BN3O3S. The maximum Gasteiger partial charge on any atom is 0.347 e. The Morgan fingerprint density at radius 3 is 2.73 bits per heavy atom. The molecule has 1 rings (SSSR count). The second kappa shape index (κ2) is 2.53. The molecule has 2 radical (unpaired) electrons. The van der Waals surface area contributed by atoms with Crippen molar-refractivity contribution in [2.75, 3.05) is 7.11 Å². The summed E-state index contributed by atoms with van der Waals surface area (Å²) in [6.07, 6.45) is 0. The highest BCUT2D eigenvalue weighted by Gasteiger charge is 2.25. The zero-order chi connectivity index (χ0) is 8.48. The Morgan fingerprint density at radius 2 is 2.36 bits per heavy atom. The van der Waals surface area contributed by atoms with Crippen LogP contribution in [0.5, 0.6) is 0 Å². The van der Waals surface area contributed by atoms with Crippen molar-refractivity contribution in [2.24, 2.45) is 9.30 Å². The highest BCUT2D eigenvalue weighted by atomic mass is 32.2. The topological polar surface area (TPSA) is 80.1 Å². The second-order valence-electron chi connectivity index (χ2n) is 1.66. The molecule has 6 nitrogen and oxygen atoms in total. The molecule has 0 fully saturated rings. The van der Waals surface area contributed by atoms with Gasteiger partial charge in [-0.1, -0.05) is 0 Å². The predicted octanol–water partition coefficient (Wildman–Crippen LogP) is -1.64. The fourth-order valence-electron chi connectivity index (χ4n) is 0.557. The minimum atomic E-state index is -3.67. The Bertz CT molecular complexity index is 319. The van der Waals surface area contributed by atoms with E-state index in [1.165, 1.54) is 7.11 Å². The van der Waals surface area contributed by atoms with Crippen molar-refractivity contribution in [2.45, 2.75) is 0 Å². The van der Waals surface area contributed by atoms with Gasteiger partial charge in [-0.3, -0.25) is 0 Å². The summed E-state index contributed by atoms with van der Waals surface area (Å²) in [5.41, 5.74) is 0. The number of methoxy groups -OCH3 is 1. The lowest BCUT2D eigenvalue weighted by Gasteiger charge is -1.96. The zero-order valence-electron chi connectivity index (χ0n) is 5.60. The fourth-order valence-corrected chi connectivity index (χ4v) is 1.37. The van der Waals surface area contributed by atoms with Crippen LogP contribution in [-0.2, 0) is 14.9 Å². The van der Waals surface area contributed by atoms with Crippen LogP contribution in [0.1, 0.15) is 0 Å². The molecule has 0 aromatic rings. The maximum absolute atomic E-state index is 10.7. The van der Waals surface area contributed by atoms with Crippen molar-refractivity contribution >= 4 is 29.9 Å². The van der Waals surface area contributed by atoms with Crippen LogP contribution < -0.4 is 4.72 Å². The van der Waals surface area contributed by atoms with Gasteiger partial charge in [0.15, 0.2) is 5.84 Å². The number of amidine groups is 1. The number of hydrogen-bond donors (Lipinski definition) is 1. The fraction of sp³-hybridized carbons (Fsp3) is 0.333. The number of rotatable bonds is 0. The van der Waals surface area contributed by atoms with Gasteiger partial charge in [-0.05, 0) is 0 Å². The minimum absolute atomic E-state index is 0.0903. The lowest BCUT2D eigenvalue weighted by molar-refractivity contribution is 0.412. The molecule has 0 bridgehead atoms. The van der Waals surface area contributed by atoms with Crippen LogP contribution in [0.4, 0.5) is 0 Å². The van der Waals surface area contributed by atoms with E-state index < -0.39 is 10.2 Å². The van der Waals surface area contributed by atoms with Gasteiger partial charge in [-0.2, -0.15) is 8.42 Å². The van der Waals surface area contributed by atoms with Crippen LogP contribution >= 0.6 is 0 Å². The highest BCUT2D eigenvalue weighted by molar-refractivity contribution is 7.89. The molecule has 0 aromatic carbocycles. The van der Waals surface area contributed by atoms with E-state index in [1.807, 2.05) is 4.72 Å². The molecule has 1 heterocycles. The molecule has 0 atom stereocenters. The summed E-state index contributed by atoms with van der Waals surface area (Å²) in [6.45, 7) is 0. The first-order chi connectivity index (χ1) is 5.09. The average Bonchev–Trinajstić information content (AvgIpc) is 2.25. The molecule has 1 N–H and O–H groups in total. The molecule has 58 valence electrons. The van der Waals surface area contributed by atoms with Crippen LogP contribution in [0.2, 0.25) is 0 Å². The Balaban J connectivity index is 3.08. The second-order valence-corrected chi connectivity index (χ2v) is 2.99. The van der Waals surface area contributed by atoms with Crippen molar-refractivity contribution in [3.8, 4) is 0 Å². The van der Waals surface area contributed by atoms with Gasteiger partial charge in [0.25, 0.3) is 13.9 Å². The summed E-state index contributed by atoms with van der Waals surface area (Å²) in [6, 6.07) is 0. The van der Waals surface area contributed by atoms with E-state index in [9.17, 15) is 8.42 Å². The van der Waals surface area contributed by atoms with E-state index in [-0.39, 0.29) is 11.7 Å². The summed E-state index contributed by atoms with van der Waals surface area (Å²) >= 11 is 0. The molecule has 1 aliphatic heterocycles. The SMILES string of the molecule is [B]/N=C1\NS(=O)(=O)N=C1OC. The van der Waals surface area contributed by atoms with Gasteiger partial charge in [-0.25, -0.2) is 4.72 Å². The molecule has 0 aliphatic carbocycles. The lowest BCUT2D eigenvalue weighted by Crippen LogP contribution is -2.27. The number of nitrogens with zero attached hydrogens (tertiary/aromatic N) is 2. The standard InChI is InChI=1S/C3H4BN3O3S/c1-10-3-2(5-4)6-11(8,9)7-3/h1H3,(H,5,6). The van der Waals surface area contributed by atoms with E-state index >= 15 is 0 Å². The van der Waals surface area contributed by atoms with E-state index in [4.69, 9.17) is 7.98 Å². The third kappa shape index (κ3) is 1.51. The number of hydrogen-bond acceptors (Lipinski definition) is 4. The number of nitrogens with one attached hydrogen (secondary N) is 1. The van der Waals surface area contributed by atoms with Crippen LogP contribution in [0.25, 0.3) is 0 Å². The molecular weight excluding hydrogens is 169 g/mol. The molecule has 0 amide bonds. The van der Waals surface area contributed by atoms with Gasteiger partial charge in [0, 0.05) is 0 Å². The minimum Gasteiger partial charge on any atom is -0.478 e. The smallest absolute Gasteiger partial charge is 0.347 e. The third-order valence-corrected chi connectivity index (χ3v) is 1.81. The number of ether oxygens (including phenoxy) is 1. The molecule has 11 heavy (non-hydrogen) atoms. The normalized spacial score (nSPS) is 24.5. The van der Waals surface area contributed by atoms with Crippen LogP contribution in [-0.4, -0.2) is 35.2 Å². The summed E-state index contributed by atoms with van der Waals surface area (Å²) in [5, 5.41) is 0. The van der Waals surface area contributed by atoms with Crippen molar-refractivity contribution < 1.29 is 13.2 Å². The van der Waals surface area contributed by atoms with Crippen LogP contribution in [0, 0.1) is 0 Å². The quantitative estimate of drug-likeness (QED) is 0.446. The van der Waals surface area contributed by atoms with Crippen molar-refractivity contribution in [3.05, 3.63) is 0 Å². The summed E-state index contributed by atoms with van der Waals surface area (Å²) in [7, 11) is 2.42. The third-order valence-electron chi connectivity index (χ3n) is 0.954. The van der Waals surface area contributed by atoms with Crippen LogP contribution in [0.15, 0.2) is 9.30 Å². The van der Waals surface area contributed by atoms with Crippen molar-refractivity contribution in [1.29, 1.82) is 0 Å². The first kappa shape index (κ1) is 8.06. The predicted molar refractivity (Wildman–Crippen MR) is 39.7 cm³/mol. The van der Waals surface area contributed by atoms with Gasteiger partial charge in [0.2, 0.25) is 0 Å². The van der Waals surface area contributed by atoms with Gasteiger partial charge in [0.1, 0.15) is 0 Å². The molecule has 0 saturated carbocycles. The average molecular weight is 173 g/mol. The van der Waals surface area contributed by atoms with E-state index in [0.29, 0.717) is 0 Å². The van der Waals surface area contributed by atoms with Gasteiger partial charge in [0.05, 0.1) is 7.11 Å². The van der Waals surface area contributed by atoms with E-state index in [1.54, 1.807) is 0 Å².